The number of ketones is 1. The SMILES string of the molecule is CC(C)(C)OC(=O)/C=C/C1=CC(=O)CCN1Cc1ccccc1. The van der Waals surface area contributed by atoms with Gasteiger partial charge in [-0.2, -0.15) is 0 Å². The molecule has 0 saturated heterocycles. The Balaban J connectivity index is 2.09. The predicted molar refractivity (Wildman–Crippen MR) is 89.5 cm³/mol. The van der Waals surface area contributed by atoms with Crippen molar-refractivity contribution in [3.8, 4) is 0 Å². The third-order valence-electron chi connectivity index (χ3n) is 3.32. The molecule has 1 aliphatic heterocycles. The monoisotopic (exact) mass is 313 g/mol. The fraction of sp³-hybridized carbons (Fsp3) is 0.368. The normalized spacial score (nSPS) is 15.7. The van der Waals surface area contributed by atoms with Crippen molar-refractivity contribution >= 4 is 11.8 Å². The van der Waals surface area contributed by atoms with Gasteiger partial charge in [0, 0.05) is 37.4 Å². The quantitative estimate of drug-likeness (QED) is 0.632. The van der Waals surface area contributed by atoms with Gasteiger partial charge >= 0.3 is 5.97 Å². The Morgan fingerprint density at radius 1 is 1.26 bits per heavy atom. The molecule has 23 heavy (non-hydrogen) atoms. The third kappa shape index (κ3) is 5.74. The maximum absolute atomic E-state index is 11.8. The second-order valence-electron chi connectivity index (χ2n) is 6.56. The predicted octanol–water partition coefficient (Wildman–Crippen LogP) is 3.24. The zero-order valence-electron chi connectivity index (χ0n) is 13.9. The van der Waals surface area contributed by atoms with E-state index in [1.165, 1.54) is 11.6 Å². The number of rotatable bonds is 4. The van der Waals surface area contributed by atoms with Crippen molar-refractivity contribution in [2.24, 2.45) is 0 Å². The Labute approximate surface area is 137 Å². The minimum absolute atomic E-state index is 0.0816. The highest BCUT2D eigenvalue weighted by atomic mass is 16.6. The molecular weight excluding hydrogens is 290 g/mol. The second-order valence-corrected chi connectivity index (χ2v) is 6.56. The van der Waals surface area contributed by atoms with Crippen LogP contribution in [-0.2, 0) is 20.9 Å². The zero-order chi connectivity index (χ0) is 16.9. The van der Waals surface area contributed by atoms with Crippen LogP contribution in [0, 0.1) is 0 Å². The first-order valence-corrected chi connectivity index (χ1v) is 7.78. The van der Waals surface area contributed by atoms with Crippen molar-refractivity contribution in [3.63, 3.8) is 0 Å². The highest BCUT2D eigenvalue weighted by Gasteiger charge is 2.18. The Hall–Kier alpha value is -2.36. The lowest BCUT2D eigenvalue weighted by Gasteiger charge is -2.28. The highest BCUT2D eigenvalue weighted by molar-refractivity contribution is 5.92. The highest BCUT2D eigenvalue weighted by Crippen LogP contribution is 2.18. The maximum Gasteiger partial charge on any atom is 0.331 e. The number of carbonyl (C=O) groups is 2. The minimum Gasteiger partial charge on any atom is -0.457 e. The summed E-state index contributed by atoms with van der Waals surface area (Å²) >= 11 is 0. The second kappa shape index (κ2) is 7.27. The zero-order valence-corrected chi connectivity index (χ0v) is 13.9. The van der Waals surface area contributed by atoms with Gasteiger partial charge in [-0.3, -0.25) is 4.79 Å². The number of esters is 1. The molecule has 0 bridgehead atoms. The van der Waals surface area contributed by atoms with Gasteiger partial charge < -0.3 is 9.64 Å². The molecule has 1 heterocycles. The summed E-state index contributed by atoms with van der Waals surface area (Å²) in [7, 11) is 0. The largest absolute Gasteiger partial charge is 0.457 e. The molecule has 1 aromatic carbocycles. The van der Waals surface area contributed by atoms with E-state index in [9.17, 15) is 9.59 Å². The van der Waals surface area contributed by atoms with Gasteiger partial charge in [-0.25, -0.2) is 4.79 Å². The number of hydrogen-bond donors (Lipinski definition) is 0. The number of nitrogens with zero attached hydrogens (tertiary/aromatic N) is 1. The molecule has 0 saturated carbocycles. The molecule has 0 aromatic heterocycles. The van der Waals surface area contributed by atoms with Gasteiger partial charge in [-0.1, -0.05) is 30.3 Å². The van der Waals surface area contributed by atoms with Gasteiger partial charge in [0.25, 0.3) is 0 Å². The summed E-state index contributed by atoms with van der Waals surface area (Å²) in [5.41, 5.74) is 1.39. The Kier molecular flexibility index (Phi) is 5.37. The lowest BCUT2D eigenvalue weighted by molar-refractivity contribution is -0.148. The van der Waals surface area contributed by atoms with Crippen molar-refractivity contribution in [2.45, 2.75) is 39.3 Å². The van der Waals surface area contributed by atoms with Crippen LogP contribution < -0.4 is 0 Å². The van der Waals surface area contributed by atoms with E-state index in [0.717, 1.165) is 5.70 Å². The topological polar surface area (TPSA) is 46.6 Å². The van der Waals surface area contributed by atoms with E-state index in [1.807, 2.05) is 51.1 Å². The van der Waals surface area contributed by atoms with Crippen LogP contribution in [0.15, 0.2) is 54.3 Å². The molecule has 2 rings (SSSR count). The summed E-state index contributed by atoms with van der Waals surface area (Å²) < 4.78 is 5.25. The molecule has 0 radical (unpaired) electrons. The molecule has 4 nitrogen and oxygen atoms in total. The van der Waals surface area contributed by atoms with E-state index < -0.39 is 11.6 Å². The Morgan fingerprint density at radius 2 is 1.96 bits per heavy atom. The lowest BCUT2D eigenvalue weighted by atomic mass is 10.1. The van der Waals surface area contributed by atoms with Crippen LogP contribution in [0.5, 0.6) is 0 Å². The summed E-state index contributed by atoms with van der Waals surface area (Å²) in [6, 6.07) is 10.0. The van der Waals surface area contributed by atoms with E-state index in [-0.39, 0.29) is 5.78 Å². The molecule has 0 amide bonds. The molecule has 0 spiro atoms. The molecule has 1 aromatic rings. The van der Waals surface area contributed by atoms with Crippen molar-refractivity contribution < 1.29 is 14.3 Å². The van der Waals surface area contributed by atoms with Crippen LogP contribution in [-0.4, -0.2) is 28.8 Å². The van der Waals surface area contributed by atoms with Crippen molar-refractivity contribution in [1.29, 1.82) is 0 Å². The average Bonchev–Trinajstić information content (AvgIpc) is 2.47. The van der Waals surface area contributed by atoms with E-state index in [2.05, 4.69) is 4.90 Å². The molecular formula is C19H23NO3. The van der Waals surface area contributed by atoms with Gasteiger partial charge in [0.2, 0.25) is 0 Å². The molecule has 0 fully saturated rings. The van der Waals surface area contributed by atoms with Crippen molar-refractivity contribution in [2.75, 3.05) is 6.54 Å². The molecule has 1 aliphatic rings. The number of carbonyl (C=O) groups excluding carboxylic acids is 2. The van der Waals surface area contributed by atoms with Crippen LogP contribution in [0.1, 0.15) is 32.8 Å². The Bertz CT molecular complexity index is 624. The first-order valence-electron chi connectivity index (χ1n) is 7.78. The van der Waals surface area contributed by atoms with Crippen LogP contribution in [0.2, 0.25) is 0 Å². The summed E-state index contributed by atoms with van der Waals surface area (Å²) in [5, 5.41) is 0. The smallest absolute Gasteiger partial charge is 0.331 e. The van der Waals surface area contributed by atoms with Gasteiger partial charge in [0.15, 0.2) is 5.78 Å². The van der Waals surface area contributed by atoms with Crippen LogP contribution in [0.3, 0.4) is 0 Å². The number of ether oxygens (including phenoxy) is 1. The minimum atomic E-state index is -0.526. The third-order valence-corrected chi connectivity index (χ3v) is 3.32. The fourth-order valence-corrected chi connectivity index (χ4v) is 2.32. The van der Waals surface area contributed by atoms with Crippen molar-refractivity contribution in [3.05, 3.63) is 59.8 Å². The van der Waals surface area contributed by atoms with Gasteiger partial charge in [0.05, 0.1) is 0 Å². The molecule has 0 atom stereocenters. The van der Waals surface area contributed by atoms with Gasteiger partial charge in [-0.15, -0.1) is 0 Å². The van der Waals surface area contributed by atoms with Crippen molar-refractivity contribution in [1.82, 2.24) is 4.90 Å². The molecule has 4 heteroatoms. The van der Waals surface area contributed by atoms with Gasteiger partial charge in [-0.05, 0) is 32.4 Å². The summed E-state index contributed by atoms with van der Waals surface area (Å²) in [6.45, 7) is 6.83. The summed E-state index contributed by atoms with van der Waals surface area (Å²) in [6.07, 6.45) is 5.13. The average molecular weight is 313 g/mol. The molecule has 0 N–H and O–H groups in total. The number of allylic oxidation sites excluding steroid dienone is 2. The van der Waals surface area contributed by atoms with Crippen LogP contribution in [0.4, 0.5) is 0 Å². The summed E-state index contributed by atoms with van der Waals surface area (Å²) in [4.78, 5) is 25.6. The first kappa shape index (κ1) is 17.0. The standard InChI is InChI=1S/C19H23NO3/c1-19(2,3)23-18(22)10-9-16-13-17(21)11-12-20(16)14-15-7-5-4-6-8-15/h4-10,13H,11-12,14H2,1-3H3/b10-9+. The first-order chi connectivity index (χ1) is 10.8. The lowest BCUT2D eigenvalue weighted by Crippen LogP contribution is -2.29. The molecule has 122 valence electrons. The van der Waals surface area contributed by atoms with E-state index in [4.69, 9.17) is 4.74 Å². The van der Waals surface area contributed by atoms with E-state index in [1.54, 1.807) is 12.2 Å². The Morgan fingerprint density at radius 3 is 2.61 bits per heavy atom. The van der Waals surface area contributed by atoms with Gasteiger partial charge in [0.1, 0.15) is 5.60 Å². The number of benzene rings is 1. The fourth-order valence-electron chi connectivity index (χ4n) is 2.32. The number of hydrogen-bond acceptors (Lipinski definition) is 4. The van der Waals surface area contributed by atoms with E-state index in [0.29, 0.717) is 19.5 Å². The van der Waals surface area contributed by atoms with Crippen LogP contribution >= 0.6 is 0 Å². The molecule has 0 unspecified atom stereocenters. The van der Waals surface area contributed by atoms with Crippen LogP contribution in [0.25, 0.3) is 0 Å². The summed E-state index contributed by atoms with van der Waals surface area (Å²) in [5.74, 6) is -0.325. The maximum atomic E-state index is 11.8. The van der Waals surface area contributed by atoms with E-state index >= 15 is 0 Å². The molecule has 0 aliphatic carbocycles.